The Hall–Kier alpha value is -0.620. The van der Waals surface area contributed by atoms with Gasteiger partial charge in [0.2, 0.25) is 0 Å². The van der Waals surface area contributed by atoms with Crippen LogP contribution in [0.5, 0.6) is 0 Å². The van der Waals surface area contributed by atoms with Crippen molar-refractivity contribution in [3.8, 4) is 0 Å². The summed E-state index contributed by atoms with van der Waals surface area (Å²) in [7, 11) is 2.06. The quantitative estimate of drug-likeness (QED) is 0.814. The Morgan fingerprint density at radius 3 is 2.60 bits per heavy atom. The van der Waals surface area contributed by atoms with E-state index in [0.29, 0.717) is 11.2 Å². The summed E-state index contributed by atoms with van der Waals surface area (Å²) in [5.74, 6) is 0.862. The van der Waals surface area contributed by atoms with Gasteiger partial charge in [0.15, 0.2) is 4.67 Å². The third-order valence-corrected chi connectivity index (χ3v) is 4.97. The predicted octanol–water partition coefficient (Wildman–Crippen LogP) is 4.24. The van der Waals surface area contributed by atoms with Crippen molar-refractivity contribution in [1.29, 1.82) is 0 Å². The molecule has 20 heavy (non-hydrogen) atoms. The molecule has 1 heterocycles. The van der Waals surface area contributed by atoms with Crippen LogP contribution in [0.1, 0.15) is 22.9 Å². The van der Waals surface area contributed by atoms with Gasteiger partial charge in [-0.3, -0.25) is 4.90 Å². The number of rotatable bonds is 5. The first-order valence-electron chi connectivity index (χ1n) is 6.42. The second-order valence-corrected chi connectivity index (χ2v) is 6.50. The maximum Gasteiger partial charge on any atom is 0.183 e. The smallest absolute Gasteiger partial charge is 0.183 e. The fraction of sp³-hybridized carbons (Fsp3) is 0.333. The highest BCUT2D eigenvalue weighted by Crippen LogP contribution is 2.32. The van der Waals surface area contributed by atoms with E-state index in [1.54, 1.807) is 0 Å². The van der Waals surface area contributed by atoms with Crippen LogP contribution in [0, 0.1) is 6.92 Å². The Morgan fingerprint density at radius 1 is 1.30 bits per heavy atom. The lowest BCUT2D eigenvalue weighted by atomic mass is 10.1. The van der Waals surface area contributed by atoms with E-state index in [0.717, 1.165) is 16.8 Å². The first kappa shape index (κ1) is 15.8. The molecule has 3 nitrogen and oxygen atoms in total. The maximum absolute atomic E-state index is 5.92. The highest BCUT2D eigenvalue weighted by Gasteiger charge is 2.20. The standard InChI is InChI=1S/C15H18Br2N2O/c1-10-4-3-5-11(6-10)9-19(2)13(8-18)14-7-12(16)15(17)20-14/h3-7,13H,8-9,18H2,1-2H3. The molecule has 5 heteroatoms. The lowest BCUT2D eigenvalue weighted by molar-refractivity contribution is 0.211. The van der Waals surface area contributed by atoms with Gasteiger partial charge in [-0.15, -0.1) is 0 Å². The third-order valence-electron chi connectivity index (χ3n) is 3.26. The molecule has 1 unspecified atom stereocenters. The van der Waals surface area contributed by atoms with E-state index in [1.165, 1.54) is 11.1 Å². The van der Waals surface area contributed by atoms with Crippen molar-refractivity contribution >= 4 is 31.9 Å². The zero-order valence-corrected chi connectivity index (χ0v) is 14.7. The monoisotopic (exact) mass is 400 g/mol. The Labute approximate surface area is 136 Å². The van der Waals surface area contributed by atoms with Gasteiger partial charge in [0.25, 0.3) is 0 Å². The summed E-state index contributed by atoms with van der Waals surface area (Å²) in [4.78, 5) is 2.20. The molecule has 2 aromatic rings. The number of benzene rings is 1. The van der Waals surface area contributed by atoms with Crippen molar-refractivity contribution in [3.63, 3.8) is 0 Å². The molecule has 2 N–H and O–H groups in total. The minimum absolute atomic E-state index is 0.0538. The van der Waals surface area contributed by atoms with E-state index in [-0.39, 0.29) is 6.04 Å². The Morgan fingerprint density at radius 2 is 2.05 bits per heavy atom. The number of halogens is 2. The number of hydrogen-bond donors (Lipinski definition) is 1. The zero-order chi connectivity index (χ0) is 14.7. The Bertz CT molecular complexity index is 564. The van der Waals surface area contributed by atoms with E-state index in [9.17, 15) is 0 Å². The molecule has 0 spiro atoms. The molecule has 0 radical (unpaired) electrons. The van der Waals surface area contributed by atoms with Crippen LogP contribution < -0.4 is 5.73 Å². The summed E-state index contributed by atoms with van der Waals surface area (Å²) < 4.78 is 7.31. The van der Waals surface area contributed by atoms with Crippen LogP contribution in [0.3, 0.4) is 0 Å². The number of nitrogens with zero attached hydrogens (tertiary/aromatic N) is 1. The Kier molecular flexibility index (Phi) is 5.43. The molecule has 108 valence electrons. The van der Waals surface area contributed by atoms with Gasteiger partial charge < -0.3 is 10.2 Å². The fourth-order valence-corrected chi connectivity index (χ4v) is 2.86. The van der Waals surface area contributed by atoms with E-state index >= 15 is 0 Å². The van der Waals surface area contributed by atoms with Crippen LogP contribution in [0.4, 0.5) is 0 Å². The molecule has 0 aliphatic heterocycles. The average Bonchev–Trinajstić information content (AvgIpc) is 2.70. The van der Waals surface area contributed by atoms with Crippen LogP contribution in [0.25, 0.3) is 0 Å². The maximum atomic E-state index is 5.92. The summed E-state index contributed by atoms with van der Waals surface area (Å²) in [6, 6.07) is 10.5. The first-order chi connectivity index (χ1) is 9.51. The molecule has 2 rings (SSSR count). The van der Waals surface area contributed by atoms with Gasteiger partial charge in [0.05, 0.1) is 10.5 Å². The van der Waals surface area contributed by atoms with E-state index in [4.69, 9.17) is 10.2 Å². The molecular weight excluding hydrogens is 384 g/mol. The fourth-order valence-electron chi connectivity index (χ4n) is 2.25. The average molecular weight is 402 g/mol. The molecule has 0 saturated carbocycles. The summed E-state index contributed by atoms with van der Waals surface area (Å²) in [5.41, 5.74) is 8.46. The Balaban J connectivity index is 2.15. The number of aryl methyl sites for hydroxylation is 1. The molecular formula is C15H18Br2N2O. The summed E-state index contributed by atoms with van der Waals surface area (Å²) in [5, 5.41) is 0. The minimum atomic E-state index is 0.0538. The van der Waals surface area contributed by atoms with Gasteiger partial charge in [0.1, 0.15) is 5.76 Å². The molecule has 1 aromatic carbocycles. The second kappa shape index (κ2) is 6.89. The van der Waals surface area contributed by atoms with Crippen molar-refractivity contribution in [2.75, 3.05) is 13.6 Å². The molecule has 0 aliphatic rings. The normalized spacial score (nSPS) is 12.9. The number of nitrogens with two attached hydrogens (primary N) is 1. The van der Waals surface area contributed by atoms with Crippen LogP contribution in [0.15, 0.2) is 43.9 Å². The van der Waals surface area contributed by atoms with Crippen LogP contribution >= 0.6 is 31.9 Å². The summed E-state index contributed by atoms with van der Waals surface area (Å²) in [6.45, 7) is 3.44. The number of hydrogen-bond acceptors (Lipinski definition) is 3. The van der Waals surface area contributed by atoms with E-state index in [2.05, 4.69) is 75.0 Å². The van der Waals surface area contributed by atoms with Gasteiger partial charge in [0, 0.05) is 13.1 Å². The minimum Gasteiger partial charge on any atom is -0.451 e. The van der Waals surface area contributed by atoms with Crippen LogP contribution in [-0.2, 0) is 6.54 Å². The van der Waals surface area contributed by atoms with Gasteiger partial charge in [-0.25, -0.2) is 0 Å². The molecule has 1 atom stereocenters. The largest absolute Gasteiger partial charge is 0.451 e. The van der Waals surface area contributed by atoms with Crippen molar-refractivity contribution in [1.82, 2.24) is 4.90 Å². The third kappa shape index (κ3) is 3.73. The molecule has 0 amide bonds. The molecule has 0 saturated heterocycles. The van der Waals surface area contributed by atoms with Gasteiger partial charge in [-0.05, 0) is 57.5 Å². The highest BCUT2D eigenvalue weighted by atomic mass is 79.9. The van der Waals surface area contributed by atoms with Gasteiger partial charge >= 0.3 is 0 Å². The van der Waals surface area contributed by atoms with Crippen LogP contribution in [-0.4, -0.2) is 18.5 Å². The van der Waals surface area contributed by atoms with Gasteiger partial charge in [-0.1, -0.05) is 29.8 Å². The lowest BCUT2D eigenvalue weighted by Crippen LogP contribution is -2.29. The first-order valence-corrected chi connectivity index (χ1v) is 8.00. The summed E-state index contributed by atoms with van der Waals surface area (Å²) in [6.07, 6.45) is 0. The van der Waals surface area contributed by atoms with Crippen molar-refractivity contribution in [2.45, 2.75) is 19.5 Å². The molecule has 0 aliphatic carbocycles. The van der Waals surface area contributed by atoms with E-state index < -0.39 is 0 Å². The zero-order valence-electron chi connectivity index (χ0n) is 11.6. The van der Waals surface area contributed by atoms with Crippen LogP contribution in [0.2, 0.25) is 0 Å². The number of furan rings is 1. The van der Waals surface area contributed by atoms with Crippen molar-refractivity contribution in [2.24, 2.45) is 5.73 Å². The van der Waals surface area contributed by atoms with E-state index in [1.807, 2.05) is 6.07 Å². The topological polar surface area (TPSA) is 42.4 Å². The SMILES string of the molecule is Cc1cccc(CN(C)C(CN)c2cc(Br)c(Br)o2)c1. The lowest BCUT2D eigenvalue weighted by Gasteiger charge is -2.25. The van der Waals surface area contributed by atoms with Crippen molar-refractivity contribution < 1.29 is 4.42 Å². The highest BCUT2D eigenvalue weighted by molar-refractivity contribution is 9.13. The molecule has 0 fully saturated rings. The second-order valence-electron chi connectivity index (χ2n) is 4.93. The van der Waals surface area contributed by atoms with Gasteiger partial charge in [-0.2, -0.15) is 0 Å². The number of likely N-dealkylation sites (N-methyl/N-ethyl adjacent to an activating group) is 1. The van der Waals surface area contributed by atoms with Crippen molar-refractivity contribution in [3.05, 3.63) is 56.4 Å². The summed E-state index contributed by atoms with van der Waals surface area (Å²) >= 11 is 6.81. The molecule has 0 bridgehead atoms. The predicted molar refractivity (Wildman–Crippen MR) is 88.5 cm³/mol. The molecule has 1 aromatic heterocycles.